The molecule has 37 heavy (non-hydrogen) atoms. The maximum absolute atomic E-state index is 10.2. The molecule has 0 unspecified atom stereocenters. The smallest absolute Gasteiger partial charge is 0.125 e. The summed E-state index contributed by atoms with van der Waals surface area (Å²) in [6.45, 7) is 17.8. The molecular weight excluding hydrogens is 464 g/mol. The lowest BCUT2D eigenvalue weighted by Gasteiger charge is -2.22. The summed E-state index contributed by atoms with van der Waals surface area (Å²) in [5.74, 6) is 0. The number of hydrogen-bond donors (Lipinski definition) is 3. The molecule has 0 amide bonds. The predicted octanol–water partition coefficient (Wildman–Crippen LogP) is 5.63. The van der Waals surface area contributed by atoms with Crippen molar-refractivity contribution in [1.82, 2.24) is 5.32 Å². The maximum Gasteiger partial charge on any atom is 0.125 e. The summed E-state index contributed by atoms with van der Waals surface area (Å²) in [5.41, 5.74) is 5.47. The molecule has 0 spiro atoms. The third-order valence-corrected chi connectivity index (χ3v) is 5.58. The standard InChI is InChI=1S/C8H16N2.C7H14N2.C7H13NO.C7H11NO/c1-8(2,7-10-3)5-4-6-9;3*1-7(2,6-9)4-3-5-8/h10H,4-5,7H2,1-3H3;3-4,6,9H2,1-2H3;9H,3-4,6H2,1-2H3;6H,3-4H2,1-2H3. The highest BCUT2D eigenvalue weighted by atomic mass is 16.3. The molecule has 0 heterocycles. The van der Waals surface area contributed by atoms with Gasteiger partial charge in [0.15, 0.2) is 0 Å². The number of carbonyl (C=O) groups is 1. The zero-order chi connectivity index (χ0) is 30.0. The summed E-state index contributed by atoms with van der Waals surface area (Å²) in [5, 5.41) is 44.7. The van der Waals surface area contributed by atoms with Gasteiger partial charge in [-0.1, -0.05) is 55.4 Å². The van der Waals surface area contributed by atoms with Crippen LogP contribution in [0.5, 0.6) is 0 Å². The minimum absolute atomic E-state index is 0.0737. The van der Waals surface area contributed by atoms with Gasteiger partial charge in [0, 0.05) is 37.7 Å². The van der Waals surface area contributed by atoms with Crippen LogP contribution in [0.4, 0.5) is 0 Å². The molecule has 0 aliphatic carbocycles. The maximum atomic E-state index is 10.2. The van der Waals surface area contributed by atoms with Crippen LogP contribution in [0.15, 0.2) is 0 Å². The van der Waals surface area contributed by atoms with Crippen LogP contribution in [0.25, 0.3) is 0 Å². The fraction of sp³-hybridized carbons (Fsp3) is 0.828. The van der Waals surface area contributed by atoms with E-state index in [0.29, 0.717) is 38.6 Å². The van der Waals surface area contributed by atoms with Crippen LogP contribution in [0.2, 0.25) is 0 Å². The predicted molar refractivity (Wildman–Crippen MR) is 151 cm³/mol. The van der Waals surface area contributed by atoms with Crippen LogP contribution >= 0.6 is 0 Å². The van der Waals surface area contributed by atoms with Crippen LogP contribution in [0.3, 0.4) is 0 Å². The first-order chi connectivity index (χ1) is 17.0. The van der Waals surface area contributed by atoms with E-state index in [2.05, 4.69) is 45.2 Å². The van der Waals surface area contributed by atoms with Crippen molar-refractivity contribution in [3.05, 3.63) is 0 Å². The number of nitrogens with one attached hydrogen (secondary N) is 1. The molecule has 8 nitrogen and oxygen atoms in total. The molecule has 0 bridgehead atoms. The zero-order valence-electron chi connectivity index (χ0n) is 25.1. The molecule has 0 radical (unpaired) electrons. The molecule has 0 aromatic rings. The van der Waals surface area contributed by atoms with Gasteiger partial charge >= 0.3 is 0 Å². The highest BCUT2D eigenvalue weighted by molar-refractivity contribution is 5.57. The molecule has 4 N–H and O–H groups in total. The first-order valence-electron chi connectivity index (χ1n) is 12.9. The van der Waals surface area contributed by atoms with Crippen LogP contribution in [0, 0.1) is 67.0 Å². The Morgan fingerprint density at radius 3 is 1.35 bits per heavy atom. The lowest BCUT2D eigenvalue weighted by atomic mass is 9.88. The summed E-state index contributed by atoms with van der Waals surface area (Å²) in [6, 6.07) is 8.30. The van der Waals surface area contributed by atoms with Gasteiger partial charge in [0.2, 0.25) is 0 Å². The molecule has 0 aliphatic rings. The van der Waals surface area contributed by atoms with E-state index in [0.717, 1.165) is 32.1 Å². The van der Waals surface area contributed by atoms with E-state index >= 15 is 0 Å². The second-order valence-corrected chi connectivity index (χ2v) is 12.1. The largest absolute Gasteiger partial charge is 0.396 e. The number of aliphatic hydroxyl groups excluding tert-OH is 1. The quantitative estimate of drug-likeness (QED) is 0.263. The molecule has 0 fully saturated rings. The molecule has 8 heteroatoms. The fourth-order valence-corrected chi connectivity index (χ4v) is 2.37. The van der Waals surface area contributed by atoms with Crippen LogP contribution in [-0.2, 0) is 4.79 Å². The molecule has 0 rings (SSSR count). The minimum atomic E-state index is -0.310. The topological polar surface area (TPSA) is 171 Å². The number of nitriles is 4. The highest BCUT2D eigenvalue weighted by Crippen LogP contribution is 2.21. The van der Waals surface area contributed by atoms with Crippen molar-refractivity contribution in [2.24, 2.45) is 27.4 Å². The zero-order valence-corrected chi connectivity index (χ0v) is 25.1. The van der Waals surface area contributed by atoms with Crippen LogP contribution in [0.1, 0.15) is 107 Å². The second-order valence-electron chi connectivity index (χ2n) is 12.1. The van der Waals surface area contributed by atoms with Crippen molar-refractivity contribution < 1.29 is 9.90 Å². The second kappa shape index (κ2) is 23.9. The molecule has 0 aliphatic heterocycles. The van der Waals surface area contributed by atoms with Crippen molar-refractivity contribution in [2.75, 3.05) is 26.7 Å². The number of nitrogens with two attached hydrogens (primary N) is 1. The van der Waals surface area contributed by atoms with Crippen molar-refractivity contribution in [2.45, 2.75) is 107 Å². The van der Waals surface area contributed by atoms with Crippen molar-refractivity contribution in [1.29, 1.82) is 21.0 Å². The number of aliphatic hydroxyl groups is 1. The highest BCUT2D eigenvalue weighted by Gasteiger charge is 2.16. The van der Waals surface area contributed by atoms with Crippen LogP contribution < -0.4 is 11.1 Å². The molecular formula is C29H54N6O2. The van der Waals surface area contributed by atoms with Crippen molar-refractivity contribution in [3.63, 3.8) is 0 Å². The van der Waals surface area contributed by atoms with E-state index in [1.807, 2.05) is 46.9 Å². The van der Waals surface area contributed by atoms with Gasteiger partial charge in [-0.05, 0) is 62.1 Å². The number of aldehydes is 1. The van der Waals surface area contributed by atoms with Gasteiger partial charge in [0.25, 0.3) is 0 Å². The first-order valence-corrected chi connectivity index (χ1v) is 12.9. The summed E-state index contributed by atoms with van der Waals surface area (Å²) >= 11 is 0. The molecule has 212 valence electrons. The lowest BCUT2D eigenvalue weighted by Crippen LogP contribution is -2.26. The Labute approximate surface area is 227 Å². The van der Waals surface area contributed by atoms with E-state index in [4.69, 9.17) is 31.9 Å². The third-order valence-electron chi connectivity index (χ3n) is 5.58. The monoisotopic (exact) mass is 518 g/mol. The minimum Gasteiger partial charge on any atom is -0.396 e. The summed E-state index contributed by atoms with van der Waals surface area (Å²) in [6.07, 6.45) is 6.49. The van der Waals surface area contributed by atoms with E-state index in [1.165, 1.54) is 0 Å². The van der Waals surface area contributed by atoms with Crippen molar-refractivity contribution in [3.8, 4) is 24.3 Å². The van der Waals surface area contributed by atoms with Gasteiger partial charge in [-0.15, -0.1) is 0 Å². The fourth-order valence-electron chi connectivity index (χ4n) is 2.37. The third kappa shape index (κ3) is 35.7. The number of hydrogen-bond acceptors (Lipinski definition) is 8. The van der Waals surface area contributed by atoms with Gasteiger partial charge in [-0.2, -0.15) is 21.0 Å². The Morgan fingerprint density at radius 2 is 1.05 bits per heavy atom. The molecule has 0 atom stereocenters. The van der Waals surface area contributed by atoms with E-state index in [9.17, 15) is 4.79 Å². The molecule has 0 saturated carbocycles. The van der Waals surface area contributed by atoms with Crippen molar-refractivity contribution >= 4 is 6.29 Å². The number of carbonyl (C=O) groups excluding carboxylic acids is 1. The Balaban J connectivity index is -0.000000196. The summed E-state index contributed by atoms with van der Waals surface area (Å²) in [4.78, 5) is 10.2. The van der Waals surface area contributed by atoms with Gasteiger partial charge in [0.05, 0.1) is 24.3 Å². The SMILES string of the molecule is CC(C)(C=O)CCC#N.CC(C)(CN)CCC#N.CC(C)(CO)CCC#N.CNCC(C)(C)CCC#N. The Morgan fingerprint density at radius 1 is 0.703 bits per heavy atom. The van der Waals surface area contributed by atoms with Gasteiger partial charge < -0.3 is 21.0 Å². The summed E-state index contributed by atoms with van der Waals surface area (Å²) in [7, 11) is 1.94. The molecule has 0 aromatic carbocycles. The van der Waals surface area contributed by atoms with Gasteiger partial charge in [-0.25, -0.2) is 0 Å². The van der Waals surface area contributed by atoms with Gasteiger partial charge in [-0.3, -0.25) is 0 Å². The number of rotatable bonds is 13. The first kappa shape index (κ1) is 41.6. The number of nitrogens with zero attached hydrogens (tertiary/aromatic N) is 4. The normalized spacial score (nSPS) is 10.8. The van der Waals surface area contributed by atoms with Crippen LogP contribution in [-0.4, -0.2) is 38.1 Å². The Bertz CT molecular complexity index is 701. The van der Waals surface area contributed by atoms with E-state index in [-0.39, 0.29) is 28.3 Å². The molecule has 0 aromatic heterocycles. The average molecular weight is 519 g/mol. The molecule has 0 saturated heterocycles. The van der Waals surface area contributed by atoms with Gasteiger partial charge in [0.1, 0.15) is 6.29 Å². The Hall–Kier alpha value is -2.49. The summed E-state index contributed by atoms with van der Waals surface area (Å²) < 4.78 is 0. The lowest BCUT2D eigenvalue weighted by molar-refractivity contribution is -0.114. The average Bonchev–Trinajstić information content (AvgIpc) is 2.85. The van der Waals surface area contributed by atoms with E-state index < -0.39 is 0 Å². The van der Waals surface area contributed by atoms with E-state index in [1.54, 1.807) is 0 Å². The Kier molecular flexibility index (Phi) is 26.9.